The predicted octanol–water partition coefficient (Wildman–Crippen LogP) is 3.18. The number of fused-ring (bicyclic) bond motifs is 1. The molecule has 1 aliphatic rings. The smallest absolute Gasteiger partial charge is 0.307 e. The lowest BCUT2D eigenvalue weighted by Gasteiger charge is -2.31. The molecule has 0 bridgehead atoms. The summed E-state index contributed by atoms with van der Waals surface area (Å²) in [5.41, 5.74) is 3.71. The number of nitrogens with zero attached hydrogens (tertiary/aromatic N) is 7. The van der Waals surface area contributed by atoms with Crippen molar-refractivity contribution < 1.29 is 14.7 Å². The van der Waals surface area contributed by atoms with Gasteiger partial charge in [0.05, 0.1) is 40.6 Å². The molecule has 0 radical (unpaired) electrons. The summed E-state index contributed by atoms with van der Waals surface area (Å²) in [4.78, 5) is 43.8. The van der Waals surface area contributed by atoms with Gasteiger partial charge in [-0.15, -0.1) is 0 Å². The molecule has 1 fully saturated rings. The van der Waals surface area contributed by atoms with Gasteiger partial charge in [0.15, 0.2) is 11.5 Å². The van der Waals surface area contributed by atoms with Crippen molar-refractivity contribution in [3.05, 3.63) is 53.7 Å². The van der Waals surface area contributed by atoms with Gasteiger partial charge < -0.3 is 21.1 Å². The Morgan fingerprint density at radius 2 is 1.93 bits per heavy atom. The average Bonchev–Trinajstić information content (AvgIpc) is 3.42. The van der Waals surface area contributed by atoms with E-state index in [1.807, 2.05) is 6.92 Å². The van der Waals surface area contributed by atoms with Crippen molar-refractivity contribution in [3.8, 4) is 0 Å². The standard InChI is InChI=1S/C28H34N10O3/c1-17-22(12-19(14-31-17)26(41)30-7-9-38-8-5-6-28(38,2)3)34-24-21-16-32-27(35-25(21)37(4)36-24)33-20-10-18(11-23(39)40)13-29-15-20/h10,12-16H,5-9,11H2,1-4H3,(H,30,41)(H,34,36)(H,39,40)(H,32,33,35). The van der Waals surface area contributed by atoms with Crippen molar-refractivity contribution in [3.63, 3.8) is 0 Å². The van der Waals surface area contributed by atoms with Gasteiger partial charge in [-0.3, -0.25) is 24.5 Å². The first-order valence-electron chi connectivity index (χ1n) is 13.5. The molecule has 5 heterocycles. The van der Waals surface area contributed by atoms with E-state index in [1.165, 1.54) is 19.0 Å². The molecule has 0 aromatic carbocycles. The van der Waals surface area contributed by atoms with Crippen molar-refractivity contribution in [1.82, 2.24) is 39.9 Å². The summed E-state index contributed by atoms with van der Waals surface area (Å²) in [7, 11) is 1.77. The molecule has 41 heavy (non-hydrogen) atoms. The highest BCUT2D eigenvalue weighted by Crippen LogP contribution is 2.28. The van der Waals surface area contributed by atoms with E-state index in [2.05, 4.69) is 59.7 Å². The van der Waals surface area contributed by atoms with Crippen LogP contribution in [0.4, 0.5) is 23.1 Å². The largest absolute Gasteiger partial charge is 0.481 e. The second-order valence-corrected chi connectivity index (χ2v) is 10.8. The van der Waals surface area contributed by atoms with Gasteiger partial charge in [-0.25, -0.2) is 9.67 Å². The van der Waals surface area contributed by atoms with Gasteiger partial charge in [0.2, 0.25) is 5.95 Å². The Labute approximate surface area is 237 Å². The van der Waals surface area contributed by atoms with Crippen LogP contribution in [0.5, 0.6) is 0 Å². The molecular weight excluding hydrogens is 524 g/mol. The zero-order valence-electron chi connectivity index (χ0n) is 23.6. The van der Waals surface area contributed by atoms with Crippen LogP contribution < -0.4 is 16.0 Å². The molecule has 5 rings (SSSR count). The number of carbonyl (C=O) groups is 2. The molecule has 0 atom stereocenters. The first-order chi connectivity index (χ1) is 19.6. The van der Waals surface area contributed by atoms with Gasteiger partial charge in [-0.05, 0) is 57.9 Å². The second kappa shape index (κ2) is 11.5. The summed E-state index contributed by atoms with van der Waals surface area (Å²) in [6, 6.07) is 3.46. The molecule has 0 aliphatic carbocycles. The minimum atomic E-state index is -0.935. The zero-order chi connectivity index (χ0) is 29.1. The van der Waals surface area contributed by atoms with E-state index < -0.39 is 5.97 Å². The molecule has 4 aromatic heterocycles. The number of amides is 1. The summed E-state index contributed by atoms with van der Waals surface area (Å²) >= 11 is 0. The van der Waals surface area contributed by atoms with E-state index in [1.54, 1.807) is 42.5 Å². The van der Waals surface area contributed by atoms with E-state index in [-0.39, 0.29) is 17.9 Å². The Morgan fingerprint density at radius 1 is 1.10 bits per heavy atom. The topological polar surface area (TPSA) is 163 Å². The first-order valence-corrected chi connectivity index (χ1v) is 13.5. The number of anilines is 4. The van der Waals surface area contributed by atoms with Gasteiger partial charge in [0.25, 0.3) is 5.91 Å². The maximum absolute atomic E-state index is 12.9. The number of aryl methyl sites for hydroxylation is 2. The van der Waals surface area contributed by atoms with Crippen LogP contribution in [0, 0.1) is 6.92 Å². The lowest BCUT2D eigenvalue weighted by atomic mass is 10.0. The molecule has 0 spiro atoms. The van der Waals surface area contributed by atoms with Crippen LogP contribution in [-0.2, 0) is 18.3 Å². The Bertz CT molecular complexity index is 1600. The molecule has 0 saturated carbocycles. The normalized spacial score (nSPS) is 14.7. The number of carbonyl (C=O) groups excluding carboxylic acids is 1. The Hall–Kier alpha value is -4.65. The Kier molecular flexibility index (Phi) is 7.79. The Morgan fingerprint density at radius 3 is 2.68 bits per heavy atom. The fourth-order valence-corrected chi connectivity index (χ4v) is 5.04. The zero-order valence-corrected chi connectivity index (χ0v) is 23.6. The number of carboxylic acid groups (broad SMARTS) is 1. The van der Waals surface area contributed by atoms with Crippen LogP contribution in [0.3, 0.4) is 0 Å². The number of pyridine rings is 2. The van der Waals surface area contributed by atoms with Gasteiger partial charge in [0.1, 0.15) is 0 Å². The fourth-order valence-electron chi connectivity index (χ4n) is 5.04. The number of nitrogens with one attached hydrogen (secondary N) is 3. The maximum atomic E-state index is 12.9. The average molecular weight is 559 g/mol. The van der Waals surface area contributed by atoms with Crippen LogP contribution >= 0.6 is 0 Å². The Balaban J connectivity index is 1.28. The van der Waals surface area contributed by atoms with Gasteiger partial charge in [0, 0.05) is 44.3 Å². The predicted molar refractivity (Wildman–Crippen MR) is 155 cm³/mol. The summed E-state index contributed by atoms with van der Waals surface area (Å²) < 4.78 is 1.63. The van der Waals surface area contributed by atoms with Gasteiger partial charge >= 0.3 is 5.97 Å². The number of hydrogen-bond acceptors (Lipinski definition) is 10. The van der Waals surface area contributed by atoms with Crippen molar-refractivity contribution in [2.45, 2.75) is 45.6 Å². The van der Waals surface area contributed by atoms with Crippen molar-refractivity contribution in [2.24, 2.45) is 7.05 Å². The molecule has 0 unspecified atom stereocenters. The molecule has 13 nitrogen and oxygen atoms in total. The minimum Gasteiger partial charge on any atom is -0.481 e. The summed E-state index contributed by atoms with van der Waals surface area (Å²) in [5.74, 6) is -0.271. The SMILES string of the molecule is Cc1ncc(C(=O)NCCN2CCCC2(C)C)cc1Nc1nn(C)c2nc(Nc3cncc(CC(=O)O)c3)ncc12. The highest BCUT2D eigenvalue weighted by Gasteiger charge is 2.31. The highest BCUT2D eigenvalue weighted by atomic mass is 16.4. The molecule has 214 valence electrons. The lowest BCUT2D eigenvalue weighted by Crippen LogP contribution is -2.43. The number of hydrogen-bond donors (Lipinski definition) is 4. The third-order valence-electron chi connectivity index (χ3n) is 7.33. The number of carboxylic acids is 1. The monoisotopic (exact) mass is 558 g/mol. The molecular formula is C28H34N10O3. The number of likely N-dealkylation sites (tertiary alicyclic amines) is 1. The van der Waals surface area contributed by atoms with Crippen LogP contribution in [0.2, 0.25) is 0 Å². The fraction of sp³-hybridized carbons (Fsp3) is 0.393. The highest BCUT2D eigenvalue weighted by molar-refractivity contribution is 5.96. The van der Waals surface area contributed by atoms with Crippen molar-refractivity contribution in [1.29, 1.82) is 0 Å². The van der Waals surface area contributed by atoms with E-state index in [0.717, 1.165) is 13.1 Å². The molecule has 4 aromatic rings. The van der Waals surface area contributed by atoms with Gasteiger partial charge in [-0.1, -0.05) is 0 Å². The van der Waals surface area contributed by atoms with E-state index in [9.17, 15) is 9.59 Å². The van der Waals surface area contributed by atoms with Crippen LogP contribution in [-0.4, -0.2) is 76.8 Å². The lowest BCUT2D eigenvalue weighted by molar-refractivity contribution is -0.136. The molecule has 1 aliphatic heterocycles. The minimum absolute atomic E-state index is 0.132. The van der Waals surface area contributed by atoms with Crippen molar-refractivity contribution in [2.75, 3.05) is 30.3 Å². The summed E-state index contributed by atoms with van der Waals surface area (Å²) in [6.07, 6.45) is 8.52. The van der Waals surface area contributed by atoms with E-state index in [4.69, 9.17) is 5.11 Å². The van der Waals surface area contributed by atoms with Crippen molar-refractivity contribution >= 4 is 46.1 Å². The number of aromatic nitrogens is 6. The van der Waals surface area contributed by atoms with Crippen LogP contribution in [0.1, 0.15) is 48.3 Å². The number of rotatable bonds is 10. The van der Waals surface area contributed by atoms with Gasteiger partial charge in [-0.2, -0.15) is 10.1 Å². The third kappa shape index (κ3) is 6.40. The molecule has 4 N–H and O–H groups in total. The molecule has 1 saturated heterocycles. The maximum Gasteiger partial charge on any atom is 0.307 e. The van der Waals surface area contributed by atoms with E-state index >= 15 is 0 Å². The summed E-state index contributed by atoms with van der Waals surface area (Å²) in [5, 5.41) is 23.7. The molecule has 13 heteroatoms. The van der Waals surface area contributed by atoms with Crippen LogP contribution in [0.25, 0.3) is 11.0 Å². The summed E-state index contributed by atoms with van der Waals surface area (Å²) in [6.45, 7) is 8.78. The quantitative estimate of drug-likeness (QED) is 0.226. The molecule has 1 amide bonds. The second-order valence-electron chi connectivity index (χ2n) is 10.8. The van der Waals surface area contributed by atoms with E-state index in [0.29, 0.717) is 57.5 Å². The third-order valence-corrected chi connectivity index (χ3v) is 7.33. The van der Waals surface area contributed by atoms with Crippen LogP contribution in [0.15, 0.2) is 36.9 Å². The first kappa shape index (κ1) is 27.9. The number of aliphatic carboxylic acids is 1.